The van der Waals surface area contributed by atoms with Crippen LogP contribution in [0.15, 0.2) is 15.7 Å². The topological polar surface area (TPSA) is 92.0 Å². The molecule has 0 amide bonds. The number of H-pyrrole nitrogens is 2. The molecule has 13 heavy (non-hydrogen) atoms. The predicted molar refractivity (Wildman–Crippen MR) is 43.2 cm³/mol. The summed E-state index contributed by atoms with van der Waals surface area (Å²) in [6.07, 6.45) is 0. The van der Waals surface area contributed by atoms with Crippen molar-refractivity contribution in [2.24, 2.45) is 0 Å². The average molecular weight is 184 g/mol. The van der Waals surface area contributed by atoms with Crippen LogP contribution in [0.3, 0.4) is 0 Å². The number of nitrogens with one attached hydrogen (secondary N) is 2. The lowest BCUT2D eigenvalue weighted by Crippen LogP contribution is -2.23. The van der Waals surface area contributed by atoms with E-state index in [1.165, 1.54) is 6.92 Å². The smallest absolute Gasteiger partial charge is 0.326 e. The maximum Gasteiger partial charge on any atom is 0.326 e. The molecular formula is C7H8N2O4. The van der Waals surface area contributed by atoms with Crippen LogP contribution in [-0.4, -0.2) is 15.9 Å². The summed E-state index contributed by atoms with van der Waals surface area (Å²) in [5.74, 6) is -0.471. The van der Waals surface area contributed by atoms with E-state index in [0.29, 0.717) is 0 Å². The van der Waals surface area contributed by atoms with Crippen LogP contribution in [-0.2, 0) is 16.1 Å². The molecular weight excluding hydrogens is 176 g/mol. The third kappa shape index (κ3) is 2.94. The molecule has 0 fully saturated rings. The number of carbonyl (C=O) groups excluding carboxylic acids is 1. The lowest BCUT2D eigenvalue weighted by atomic mass is 10.4. The number of hydrogen-bond donors (Lipinski definition) is 2. The minimum atomic E-state index is -0.616. The van der Waals surface area contributed by atoms with E-state index >= 15 is 0 Å². The van der Waals surface area contributed by atoms with Gasteiger partial charge in [-0.1, -0.05) is 0 Å². The van der Waals surface area contributed by atoms with Crippen LogP contribution in [0.1, 0.15) is 12.6 Å². The molecule has 0 spiro atoms. The first-order valence-electron chi connectivity index (χ1n) is 3.54. The molecule has 0 atom stereocenters. The molecule has 0 bridgehead atoms. The van der Waals surface area contributed by atoms with Gasteiger partial charge >= 0.3 is 11.7 Å². The summed E-state index contributed by atoms with van der Waals surface area (Å²) < 4.78 is 4.58. The largest absolute Gasteiger partial charge is 0.459 e. The maximum absolute atomic E-state index is 10.7. The summed E-state index contributed by atoms with van der Waals surface area (Å²) >= 11 is 0. The van der Waals surface area contributed by atoms with Gasteiger partial charge < -0.3 is 9.72 Å². The van der Waals surface area contributed by atoms with Crippen LogP contribution in [0, 0.1) is 0 Å². The van der Waals surface area contributed by atoms with E-state index in [1.54, 1.807) is 0 Å². The van der Waals surface area contributed by atoms with Gasteiger partial charge in [0.25, 0.3) is 5.56 Å². The van der Waals surface area contributed by atoms with Crippen LogP contribution in [0.4, 0.5) is 0 Å². The van der Waals surface area contributed by atoms with Gasteiger partial charge in [-0.3, -0.25) is 14.6 Å². The zero-order valence-corrected chi connectivity index (χ0v) is 6.92. The second kappa shape index (κ2) is 3.70. The number of hydrogen-bond acceptors (Lipinski definition) is 4. The van der Waals surface area contributed by atoms with E-state index < -0.39 is 17.2 Å². The van der Waals surface area contributed by atoms with Crippen LogP contribution >= 0.6 is 0 Å². The van der Waals surface area contributed by atoms with E-state index in [4.69, 9.17) is 0 Å². The predicted octanol–water partition coefficient (Wildman–Crippen LogP) is -0.874. The Morgan fingerprint density at radius 1 is 1.46 bits per heavy atom. The van der Waals surface area contributed by atoms with Gasteiger partial charge in [-0.25, -0.2) is 4.79 Å². The van der Waals surface area contributed by atoms with E-state index in [9.17, 15) is 14.4 Å². The number of aromatic nitrogens is 2. The zero-order valence-electron chi connectivity index (χ0n) is 6.92. The van der Waals surface area contributed by atoms with Crippen LogP contribution in [0.5, 0.6) is 0 Å². The molecule has 0 unspecified atom stereocenters. The molecule has 1 rings (SSSR count). The van der Waals surface area contributed by atoms with Gasteiger partial charge in [-0.2, -0.15) is 0 Å². The molecule has 0 aliphatic carbocycles. The lowest BCUT2D eigenvalue weighted by Gasteiger charge is -1.99. The highest BCUT2D eigenvalue weighted by molar-refractivity contribution is 5.65. The Morgan fingerprint density at radius 2 is 2.15 bits per heavy atom. The van der Waals surface area contributed by atoms with E-state index in [2.05, 4.69) is 9.72 Å². The minimum Gasteiger partial charge on any atom is -0.459 e. The Morgan fingerprint density at radius 3 is 2.69 bits per heavy atom. The van der Waals surface area contributed by atoms with E-state index in [0.717, 1.165) is 6.07 Å². The van der Waals surface area contributed by atoms with Crippen molar-refractivity contribution in [2.75, 3.05) is 0 Å². The number of esters is 1. The molecule has 0 saturated heterocycles. The highest BCUT2D eigenvalue weighted by atomic mass is 16.5. The fourth-order valence-electron chi connectivity index (χ4n) is 0.777. The second-order valence-corrected chi connectivity index (χ2v) is 2.39. The molecule has 0 radical (unpaired) electrons. The zero-order chi connectivity index (χ0) is 9.84. The van der Waals surface area contributed by atoms with Gasteiger partial charge in [0.2, 0.25) is 0 Å². The number of rotatable bonds is 2. The maximum atomic E-state index is 10.7. The normalized spacial score (nSPS) is 9.62. The third-order valence-corrected chi connectivity index (χ3v) is 1.25. The molecule has 6 nitrogen and oxygen atoms in total. The monoisotopic (exact) mass is 184 g/mol. The van der Waals surface area contributed by atoms with Crippen molar-refractivity contribution in [1.29, 1.82) is 0 Å². The summed E-state index contributed by atoms with van der Waals surface area (Å²) in [6, 6.07) is 1.16. The minimum absolute atomic E-state index is 0.103. The van der Waals surface area contributed by atoms with Gasteiger partial charge in [-0.05, 0) is 0 Å². The quantitative estimate of drug-likeness (QED) is 0.584. The summed E-state index contributed by atoms with van der Waals surface area (Å²) in [6.45, 7) is 1.14. The molecule has 0 aliphatic heterocycles. The number of aromatic amines is 2. The lowest BCUT2D eigenvalue weighted by molar-refractivity contribution is -0.142. The van der Waals surface area contributed by atoms with E-state index in [-0.39, 0.29) is 12.3 Å². The van der Waals surface area contributed by atoms with Crippen molar-refractivity contribution in [3.8, 4) is 0 Å². The molecule has 0 saturated carbocycles. The van der Waals surface area contributed by atoms with Crippen molar-refractivity contribution in [1.82, 2.24) is 9.97 Å². The first-order chi connectivity index (χ1) is 6.08. The van der Waals surface area contributed by atoms with E-state index in [1.807, 2.05) is 4.98 Å². The van der Waals surface area contributed by atoms with Gasteiger partial charge in [-0.15, -0.1) is 0 Å². The van der Waals surface area contributed by atoms with Crippen molar-refractivity contribution >= 4 is 5.97 Å². The van der Waals surface area contributed by atoms with Crippen molar-refractivity contribution in [2.45, 2.75) is 13.5 Å². The van der Waals surface area contributed by atoms with Gasteiger partial charge in [0.1, 0.15) is 6.61 Å². The Balaban J connectivity index is 2.84. The first-order valence-corrected chi connectivity index (χ1v) is 3.54. The fraction of sp³-hybridized carbons (Fsp3) is 0.286. The molecule has 1 aromatic rings. The Labute approximate surface area is 72.6 Å². The molecule has 2 N–H and O–H groups in total. The second-order valence-electron chi connectivity index (χ2n) is 2.39. The Kier molecular flexibility index (Phi) is 2.63. The number of ether oxygens (including phenoxy) is 1. The summed E-state index contributed by atoms with van der Waals surface area (Å²) in [5, 5.41) is 0. The van der Waals surface area contributed by atoms with Crippen LogP contribution in [0.2, 0.25) is 0 Å². The highest BCUT2D eigenvalue weighted by Crippen LogP contribution is 1.89. The summed E-state index contributed by atoms with van der Waals surface area (Å²) in [5.41, 5.74) is -0.871. The van der Waals surface area contributed by atoms with Crippen LogP contribution < -0.4 is 11.2 Å². The number of carbonyl (C=O) groups is 1. The molecule has 70 valence electrons. The Bertz CT molecular complexity index is 389. The van der Waals surface area contributed by atoms with Gasteiger partial charge in [0.15, 0.2) is 0 Å². The first kappa shape index (κ1) is 9.24. The van der Waals surface area contributed by atoms with Crippen molar-refractivity contribution in [3.05, 3.63) is 32.6 Å². The van der Waals surface area contributed by atoms with Crippen molar-refractivity contribution in [3.63, 3.8) is 0 Å². The SMILES string of the molecule is CC(=O)OCc1cc(=O)[nH]c(=O)[nH]1. The van der Waals surface area contributed by atoms with Gasteiger partial charge in [0.05, 0.1) is 5.69 Å². The van der Waals surface area contributed by atoms with Crippen molar-refractivity contribution < 1.29 is 9.53 Å². The summed E-state index contributed by atoms with van der Waals surface area (Å²) in [7, 11) is 0. The Hall–Kier alpha value is -1.85. The third-order valence-electron chi connectivity index (χ3n) is 1.25. The fourth-order valence-corrected chi connectivity index (χ4v) is 0.777. The van der Waals surface area contributed by atoms with Crippen LogP contribution in [0.25, 0.3) is 0 Å². The molecule has 1 heterocycles. The highest BCUT2D eigenvalue weighted by Gasteiger charge is 1.98. The standard InChI is InChI=1S/C7H8N2O4/c1-4(10)13-3-5-2-6(11)9-7(12)8-5/h2H,3H2,1H3,(H2,8,9,11,12). The molecule has 0 aliphatic rings. The molecule has 1 aromatic heterocycles. The van der Waals surface area contributed by atoms with Gasteiger partial charge in [0, 0.05) is 13.0 Å². The average Bonchev–Trinajstić information content (AvgIpc) is 1.99. The summed E-state index contributed by atoms with van der Waals surface area (Å²) in [4.78, 5) is 36.1. The molecule has 6 heteroatoms. The molecule has 0 aromatic carbocycles.